The Morgan fingerprint density at radius 1 is 1.33 bits per heavy atom. The molecule has 0 atom stereocenters. The van der Waals surface area contributed by atoms with Crippen LogP contribution in [0.25, 0.3) is 0 Å². The first kappa shape index (κ1) is 13.0. The van der Waals surface area contributed by atoms with Gasteiger partial charge in [-0.25, -0.2) is 0 Å². The Kier molecular flexibility index (Phi) is 3.51. The number of hydrogen-bond donors (Lipinski definition) is 0. The predicted molar refractivity (Wildman–Crippen MR) is 69.7 cm³/mol. The van der Waals surface area contributed by atoms with Crippen LogP contribution in [0.3, 0.4) is 0 Å². The van der Waals surface area contributed by atoms with Gasteiger partial charge in [-0.2, -0.15) is 0 Å². The van der Waals surface area contributed by atoms with E-state index in [-0.39, 0.29) is 5.60 Å². The van der Waals surface area contributed by atoms with Crippen LogP contribution in [0.2, 0.25) is 18.1 Å². The molecule has 1 aliphatic rings. The van der Waals surface area contributed by atoms with Crippen molar-refractivity contribution >= 4 is 8.32 Å². The quantitative estimate of drug-likeness (QED) is 0.495. The van der Waals surface area contributed by atoms with Crippen molar-refractivity contribution in [3.05, 3.63) is 12.7 Å². The second-order valence-electron chi connectivity index (χ2n) is 6.37. The summed E-state index contributed by atoms with van der Waals surface area (Å²) < 4.78 is 6.49. The van der Waals surface area contributed by atoms with E-state index in [0.717, 1.165) is 6.42 Å². The Hall–Kier alpha value is -0.0831. The smallest absolute Gasteiger partial charge is 0.192 e. The molecule has 1 nitrogen and oxygen atoms in total. The monoisotopic (exact) mass is 226 g/mol. The molecule has 0 unspecified atom stereocenters. The minimum absolute atomic E-state index is 0.233. The summed E-state index contributed by atoms with van der Waals surface area (Å²) in [6.45, 7) is 15.4. The maximum atomic E-state index is 6.49. The van der Waals surface area contributed by atoms with Crippen LogP contribution in [0.4, 0.5) is 0 Å². The first-order chi connectivity index (χ1) is 6.72. The number of allylic oxidation sites excluding steroid dienone is 1. The Morgan fingerprint density at radius 3 is 2.20 bits per heavy atom. The molecule has 1 fully saturated rings. The minimum Gasteiger partial charge on any atom is -0.411 e. The lowest BCUT2D eigenvalue weighted by Crippen LogP contribution is -2.44. The molecule has 0 saturated heterocycles. The number of hydrogen-bond acceptors (Lipinski definition) is 1. The van der Waals surface area contributed by atoms with Gasteiger partial charge in [0, 0.05) is 0 Å². The molecule has 1 aliphatic carbocycles. The molecule has 0 heterocycles. The van der Waals surface area contributed by atoms with Gasteiger partial charge in [-0.15, -0.1) is 6.58 Å². The molecule has 0 N–H and O–H groups in total. The summed E-state index contributed by atoms with van der Waals surface area (Å²) in [5, 5.41) is 0.330. The van der Waals surface area contributed by atoms with Crippen LogP contribution >= 0.6 is 0 Å². The molecule has 0 amide bonds. The molecule has 0 aromatic carbocycles. The Balaban J connectivity index is 2.57. The lowest BCUT2D eigenvalue weighted by molar-refractivity contribution is 0.149. The molecule has 0 bridgehead atoms. The molecule has 0 aromatic rings. The molecule has 1 rings (SSSR count). The molecule has 2 heteroatoms. The fourth-order valence-electron chi connectivity index (χ4n) is 1.60. The summed E-state index contributed by atoms with van der Waals surface area (Å²) in [5.74, 6) is 0. The van der Waals surface area contributed by atoms with Crippen LogP contribution < -0.4 is 0 Å². The lowest BCUT2D eigenvalue weighted by Gasteiger charge is -2.39. The van der Waals surface area contributed by atoms with Crippen molar-refractivity contribution in [3.8, 4) is 0 Å². The standard InChI is InChI=1S/C13H26OSi/c1-7-8-9-13(10-11-13)14-15(5,6)12(2,3)4/h7H,1,8-11H2,2-6H3. The highest BCUT2D eigenvalue weighted by molar-refractivity contribution is 6.74. The first-order valence-corrected chi connectivity index (χ1v) is 8.94. The summed E-state index contributed by atoms with van der Waals surface area (Å²) in [5.41, 5.74) is 0.233. The summed E-state index contributed by atoms with van der Waals surface area (Å²) >= 11 is 0. The van der Waals surface area contributed by atoms with Crippen LogP contribution in [0.5, 0.6) is 0 Å². The Labute approximate surface area is 96.0 Å². The maximum Gasteiger partial charge on any atom is 0.192 e. The van der Waals surface area contributed by atoms with Crippen molar-refractivity contribution < 1.29 is 4.43 Å². The third kappa shape index (κ3) is 3.18. The van der Waals surface area contributed by atoms with E-state index in [2.05, 4.69) is 40.4 Å². The average Bonchev–Trinajstić information content (AvgIpc) is 2.79. The molecule has 0 aliphatic heterocycles. The molecule has 0 aromatic heterocycles. The largest absolute Gasteiger partial charge is 0.411 e. The third-order valence-corrected chi connectivity index (χ3v) is 8.45. The topological polar surface area (TPSA) is 9.23 Å². The lowest BCUT2D eigenvalue weighted by atomic mass is 10.2. The van der Waals surface area contributed by atoms with Crippen molar-refractivity contribution in [1.82, 2.24) is 0 Å². The van der Waals surface area contributed by atoms with E-state index in [9.17, 15) is 0 Å². The normalized spacial score (nSPS) is 20.1. The van der Waals surface area contributed by atoms with Crippen molar-refractivity contribution in [2.45, 2.75) is 70.2 Å². The molecular weight excluding hydrogens is 200 g/mol. The summed E-state index contributed by atoms with van der Waals surface area (Å²) in [6.07, 6.45) is 6.79. The molecular formula is C13H26OSi. The highest BCUT2D eigenvalue weighted by atomic mass is 28.4. The van der Waals surface area contributed by atoms with Crippen molar-refractivity contribution in [1.29, 1.82) is 0 Å². The van der Waals surface area contributed by atoms with Crippen LogP contribution in [-0.2, 0) is 4.43 Å². The maximum absolute atomic E-state index is 6.49. The third-order valence-electron chi connectivity index (χ3n) is 3.89. The molecule has 1 saturated carbocycles. The van der Waals surface area contributed by atoms with Gasteiger partial charge >= 0.3 is 0 Å². The average molecular weight is 226 g/mol. The zero-order valence-corrected chi connectivity index (χ0v) is 12.0. The van der Waals surface area contributed by atoms with E-state index in [1.807, 2.05) is 6.08 Å². The van der Waals surface area contributed by atoms with Gasteiger partial charge in [0.2, 0.25) is 0 Å². The van der Waals surface area contributed by atoms with Gasteiger partial charge in [-0.05, 0) is 43.8 Å². The van der Waals surface area contributed by atoms with E-state index >= 15 is 0 Å². The van der Waals surface area contributed by atoms with Crippen LogP contribution in [-0.4, -0.2) is 13.9 Å². The second kappa shape index (κ2) is 4.06. The van der Waals surface area contributed by atoms with Crippen LogP contribution in [0.1, 0.15) is 46.5 Å². The highest BCUT2D eigenvalue weighted by Crippen LogP contribution is 2.50. The zero-order valence-electron chi connectivity index (χ0n) is 11.0. The summed E-state index contributed by atoms with van der Waals surface area (Å²) in [4.78, 5) is 0. The van der Waals surface area contributed by atoms with E-state index in [0.29, 0.717) is 5.04 Å². The fourth-order valence-corrected chi connectivity index (χ4v) is 3.30. The van der Waals surface area contributed by atoms with Gasteiger partial charge in [0.15, 0.2) is 8.32 Å². The molecule has 0 radical (unpaired) electrons. The zero-order chi connectivity index (χ0) is 11.7. The second-order valence-corrected chi connectivity index (χ2v) is 11.1. The van der Waals surface area contributed by atoms with Gasteiger partial charge in [0.05, 0.1) is 5.60 Å². The molecule has 0 spiro atoms. The van der Waals surface area contributed by atoms with Crippen molar-refractivity contribution in [2.24, 2.45) is 0 Å². The van der Waals surface area contributed by atoms with Crippen molar-refractivity contribution in [2.75, 3.05) is 0 Å². The van der Waals surface area contributed by atoms with Crippen LogP contribution in [0, 0.1) is 0 Å². The minimum atomic E-state index is -1.56. The summed E-state index contributed by atoms with van der Waals surface area (Å²) in [7, 11) is -1.56. The van der Waals surface area contributed by atoms with E-state index in [1.54, 1.807) is 0 Å². The van der Waals surface area contributed by atoms with Crippen molar-refractivity contribution in [3.63, 3.8) is 0 Å². The number of rotatable bonds is 5. The Morgan fingerprint density at radius 2 is 1.87 bits per heavy atom. The van der Waals surface area contributed by atoms with E-state index in [1.165, 1.54) is 19.3 Å². The highest BCUT2D eigenvalue weighted by Gasteiger charge is 2.50. The van der Waals surface area contributed by atoms with Gasteiger partial charge in [-0.1, -0.05) is 26.8 Å². The van der Waals surface area contributed by atoms with Gasteiger partial charge in [-0.3, -0.25) is 0 Å². The molecule has 88 valence electrons. The molecule has 15 heavy (non-hydrogen) atoms. The fraction of sp³-hybridized carbons (Fsp3) is 0.846. The SMILES string of the molecule is C=CCCC1(O[Si](C)(C)C(C)(C)C)CC1. The van der Waals surface area contributed by atoms with E-state index in [4.69, 9.17) is 4.43 Å². The first-order valence-electron chi connectivity index (χ1n) is 6.04. The predicted octanol–water partition coefficient (Wildman–Crippen LogP) is 4.51. The summed E-state index contributed by atoms with van der Waals surface area (Å²) in [6, 6.07) is 0. The van der Waals surface area contributed by atoms with Crippen LogP contribution in [0.15, 0.2) is 12.7 Å². The van der Waals surface area contributed by atoms with E-state index < -0.39 is 8.32 Å². The Bertz CT molecular complexity index is 233. The van der Waals surface area contributed by atoms with Gasteiger partial charge in [0.25, 0.3) is 0 Å². The van der Waals surface area contributed by atoms with Gasteiger partial charge in [0.1, 0.15) is 0 Å². The van der Waals surface area contributed by atoms with Gasteiger partial charge < -0.3 is 4.43 Å².